The molecule has 0 unspecified atom stereocenters. The number of ether oxygens (including phenoxy) is 1. The maximum atomic E-state index is 12.2. The number of alkyl halides is 2. The molecule has 2 N–H and O–H groups in total. The molecule has 0 heterocycles. The molecule has 2 aromatic rings. The van der Waals surface area contributed by atoms with Gasteiger partial charge in [-0.25, -0.2) is 0 Å². The highest BCUT2D eigenvalue weighted by atomic mass is 35.5. The lowest BCUT2D eigenvalue weighted by Crippen LogP contribution is -2.21. The largest absolute Gasteiger partial charge is 0.433 e. The minimum atomic E-state index is -2.96. The molecule has 0 radical (unpaired) electrons. The van der Waals surface area contributed by atoms with Crippen LogP contribution in [0, 0.1) is 11.3 Å². The van der Waals surface area contributed by atoms with E-state index in [1.165, 1.54) is 18.2 Å². The Kier molecular flexibility index (Phi) is 6.54. The number of hydrogen-bond acceptors (Lipinski definition) is 4. The van der Waals surface area contributed by atoms with Gasteiger partial charge in [-0.05, 0) is 35.9 Å². The van der Waals surface area contributed by atoms with Gasteiger partial charge in [-0.15, -0.1) is 0 Å². The highest BCUT2D eigenvalue weighted by molar-refractivity contribution is 6.32. The molecular formula is C17H14ClF2N3O2. The van der Waals surface area contributed by atoms with Crippen molar-refractivity contribution in [3.8, 4) is 11.8 Å². The van der Waals surface area contributed by atoms with Crippen LogP contribution in [0.4, 0.5) is 20.2 Å². The molecule has 0 bridgehead atoms. The Balaban J connectivity index is 1.87. The summed E-state index contributed by atoms with van der Waals surface area (Å²) in [6.07, 6.45) is 0.307. The quantitative estimate of drug-likeness (QED) is 0.776. The van der Waals surface area contributed by atoms with Crippen LogP contribution in [0.1, 0.15) is 5.56 Å². The number of rotatable bonds is 7. The van der Waals surface area contributed by atoms with Crippen LogP contribution in [0.2, 0.25) is 5.02 Å². The molecule has 1 amide bonds. The van der Waals surface area contributed by atoms with Gasteiger partial charge in [-0.2, -0.15) is 14.0 Å². The van der Waals surface area contributed by atoms with Gasteiger partial charge in [-0.1, -0.05) is 23.7 Å². The lowest BCUT2D eigenvalue weighted by Gasteiger charge is -2.11. The topological polar surface area (TPSA) is 74.2 Å². The van der Waals surface area contributed by atoms with Crippen LogP contribution in [0.3, 0.4) is 0 Å². The molecule has 0 saturated carbocycles. The molecule has 0 fully saturated rings. The van der Waals surface area contributed by atoms with Gasteiger partial charge in [0.2, 0.25) is 5.91 Å². The zero-order chi connectivity index (χ0) is 18.2. The monoisotopic (exact) mass is 365 g/mol. The molecule has 5 nitrogen and oxygen atoms in total. The molecule has 25 heavy (non-hydrogen) atoms. The number of benzene rings is 2. The predicted octanol–water partition coefficient (Wildman–Crippen LogP) is 4.06. The van der Waals surface area contributed by atoms with E-state index in [-0.39, 0.29) is 23.2 Å². The zero-order valence-corrected chi connectivity index (χ0v) is 13.7. The number of nitriles is 1. The molecule has 0 aliphatic heterocycles. The number of nitrogens with zero attached hydrogens (tertiary/aromatic N) is 1. The summed E-state index contributed by atoms with van der Waals surface area (Å²) < 4.78 is 28.6. The SMILES string of the molecule is N#CCc1ccc(NC(=O)CNc2ccc(OC(F)F)c(Cl)c2)cc1. The first kappa shape index (κ1) is 18.5. The van der Waals surface area contributed by atoms with Crippen LogP contribution in [-0.2, 0) is 11.2 Å². The fourth-order valence-electron chi connectivity index (χ4n) is 1.99. The second kappa shape index (κ2) is 8.85. The standard InChI is InChI=1S/C17H14ClF2N3O2/c18-14-9-13(5-6-15(14)25-17(19)20)22-10-16(24)23-12-3-1-11(2-4-12)7-8-21/h1-6,9,17,22H,7,10H2,(H,23,24). The van der Waals surface area contributed by atoms with Gasteiger partial charge < -0.3 is 15.4 Å². The van der Waals surface area contributed by atoms with Crippen molar-refractivity contribution in [3.05, 3.63) is 53.1 Å². The third-order valence-corrected chi connectivity index (χ3v) is 3.42. The van der Waals surface area contributed by atoms with Crippen molar-refractivity contribution in [2.24, 2.45) is 0 Å². The number of carbonyl (C=O) groups excluding carboxylic acids is 1. The van der Waals surface area contributed by atoms with Crippen molar-refractivity contribution in [3.63, 3.8) is 0 Å². The first-order valence-electron chi connectivity index (χ1n) is 7.22. The molecule has 130 valence electrons. The molecule has 0 spiro atoms. The predicted molar refractivity (Wildman–Crippen MR) is 91.0 cm³/mol. The number of carbonyl (C=O) groups is 1. The Morgan fingerprint density at radius 1 is 1.20 bits per heavy atom. The van der Waals surface area contributed by atoms with Crippen molar-refractivity contribution in [2.45, 2.75) is 13.0 Å². The third kappa shape index (κ3) is 5.94. The van der Waals surface area contributed by atoms with E-state index in [2.05, 4.69) is 15.4 Å². The maximum Gasteiger partial charge on any atom is 0.387 e. The van der Waals surface area contributed by atoms with Crippen molar-refractivity contribution in [2.75, 3.05) is 17.2 Å². The van der Waals surface area contributed by atoms with Gasteiger partial charge in [-0.3, -0.25) is 4.79 Å². The highest BCUT2D eigenvalue weighted by Crippen LogP contribution is 2.28. The van der Waals surface area contributed by atoms with Crippen LogP contribution in [0.5, 0.6) is 5.75 Å². The summed E-state index contributed by atoms with van der Waals surface area (Å²) in [5.74, 6) is -0.429. The molecule has 8 heteroatoms. The van der Waals surface area contributed by atoms with E-state index >= 15 is 0 Å². The maximum absolute atomic E-state index is 12.2. The van der Waals surface area contributed by atoms with Crippen molar-refractivity contribution < 1.29 is 18.3 Å². The molecule has 0 atom stereocenters. The van der Waals surface area contributed by atoms with Gasteiger partial charge in [0.05, 0.1) is 24.1 Å². The van der Waals surface area contributed by atoms with E-state index in [0.717, 1.165) is 5.56 Å². The van der Waals surface area contributed by atoms with Crippen molar-refractivity contribution >= 4 is 28.9 Å². The smallest absolute Gasteiger partial charge is 0.387 e. The number of amides is 1. The summed E-state index contributed by atoms with van der Waals surface area (Å²) in [5, 5.41) is 14.2. The summed E-state index contributed by atoms with van der Waals surface area (Å²) >= 11 is 5.84. The average molecular weight is 366 g/mol. The van der Waals surface area contributed by atoms with Crippen LogP contribution in [0.25, 0.3) is 0 Å². The van der Waals surface area contributed by atoms with Crippen LogP contribution >= 0.6 is 11.6 Å². The molecule has 0 aliphatic carbocycles. The first-order valence-corrected chi connectivity index (χ1v) is 7.59. The summed E-state index contributed by atoms with van der Waals surface area (Å²) in [5.41, 5.74) is 1.96. The number of anilines is 2. The summed E-state index contributed by atoms with van der Waals surface area (Å²) in [7, 11) is 0. The second-order valence-electron chi connectivity index (χ2n) is 4.96. The van der Waals surface area contributed by atoms with E-state index in [1.807, 2.05) is 6.07 Å². The van der Waals surface area contributed by atoms with E-state index in [1.54, 1.807) is 24.3 Å². The van der Waals surface area contributed by atoms with E-state index in [0.29, 0.717) is 17.8 Å². The number of hydrogen-bond donors (Lipinski definition) is 2. The van der Waals surface area contributed by atoms with E-state index in [4.69, 9.17) is 16.9 Å². The molecule has 0 aliphatic rings. The normalized spacial score (nSPS) is 10.2. The molecular weight excluding hydrogens is 352 g/mol. The second-order valence-corrected chi connectivity index (χ2v) is 5.36. The van der Waals surface area contributed by atoms with Crippen LogP contribution in [-0.4, -0.2) is 19.1 Å². The average Bonchev–Trinajstić information content (AvgIpc) is 2.57. The first-order chi connectivity index (χ1) is 12.0. The summed E-state index contributed by atoms with van der Waals surface area (Å²) in [6, 6.07) is 13.1. The Hall–Kier alpha value is -2.85. The highest BCUT2D eigenvalue weighted by Gasteiger charge is 2.09. The van der Waals surface area contributed by atoms with E-state index in [9.17, 15) is 13.6 Å². The summed E-state index contributed by atoms with van der Waals surface area (Å²) in [4.78, 5) is 11.9. The van der Waals surface area contributed by atoms with Gasteiger partial charge in [0.15, 0.2) is 0 Å². The van der Waals surface area contributed by atoms with Gasteiger partial charge >= 0.3 is 6.61 Å². The molecule has 0 saturated heterocycles. The van der Waals surface area contributed by atoms with E-state index < -0.39 is 6.61 Å². The Labute approximate surface area is 148 Å². The van der Waals surface area contributed by atoms with Crippen molar-refractivity contribution in [1.82, 2.24) is 0 Å². The lowest BCUT2D eigenvalue weighted by molar-refractivity contribution is -0.114. The third-order valence-electron chi connectivity index (χ3n) is 3.12. The number of nitrogens with one attached hydrogen (secondary N) is 2. The molecule has 2 aromatic carbocycles. The molecule has 2 rings (SSSR count). The number of halogens is 3. The van der Waals surface area contributed by atoms with Gasteiger partial charge in [0.25, 0.3) is 0 Å². The lowest BCUT2D eigenvalue weighted by atomic mass is 10.1. The van der Waals surface area contributed by atoms with Crippen LogP contribution in [0.15, 0.2) is 42.5 Å². The fraction of sp³-hybridized carbons (Fsp3) is 0.176. The van der Waals surface area contributed by atoms with Crippen molar-refractivity contribution in [1.29, 1.82) is 5.26 Å². The van der Waals surface area contributed by atoms with Crippen LogP contribution < -0.4 is 15.4 Å². The summed E-state index contributed by atoms with van der Waals surface area (Å²) in [6.45, 7) is -2.99. The van der Waals surface area contributed by atoms with Gasteiger partial charge in [0, 0.05) is 11.4 Å². The Morgan fingerprint density at radius 2 is 1.88 bits per heavy atom. The van der Waals surface area contributed by atoms with Gasteiger partial charge in [0.1, 0.15) is 5.75 Å². The Morgan fingerprint density at radius 3 is 2.48 bits per heavy atom. The zero-order valence-electron chi connectivity index (χ0n) is 12.9. The molecule has 0 aromatic heterocycles. The fourth-order valence-corrected chi connectivity index (χ4v) is 2.21. The Bertz CT molecular complexity index is 776. The minimum absolute atomic E-state index is 0.0128. The minimum Gasteiger partial charge on any atom is -0.433 e.